The van der Waals surface area contributed by atoms with Crippen LogP contribution < -0.4 is 5.32 Å². The van der Waals surface area contributed by atoms with Gasteiger partial charge in [-0.25, -0.2) is 0 Å². The van der Waals surface area contributed by atoms with Crippen molar-refractivity contribution in [3.8, 4) is 0 Å². The Morgan fingerprint density at radius 3 is 2.52 bits per heavy atom. The third-order valence-corrected chi connectivity index (χ3v) is 8.38. The lowest BCUT2D eigenvalue weighted by Crippen LogP contribution is -2.43. The fraction of sp³-hybridized carbons (Fsp3) is 0.538. The van der Waals surface area contributed by atoms with Crippen LogP contribution in [0.4, 0.5) is 0 Å². The number of nitrogens with zero attached hydrogens (tertiary/aromatic N) is 2. The molecule has 4 rings (SSSR count). The summed E-state index contributed by atoms with van der Waals surface area (Å²) in [5.41, 5.74) is 4.03. The van der Waals surface area contributed by atoms with Gasteiger partial charge in [-0.1, -0.05) is 48.4 Å². The molecule has 0 saturated carbocycles. The molecule has 0 unspecified atom stereocenters. The summed E-state index contributed by atoms with van der Waals surface area (Å²) in [5.74, 6) is 0.667. The van der Waals surface area contributed by atoms with Crippen LogP contribution in [0, 0.1) is 12.8 Å². The van der Waals surface area contributed by atoms with Crippen LogP contribution in [0.1, 0.15) is 69.4 Å². The molecule has 2 aliphatic heterocycles. The van der Waals surface area contributed by atoms with Gasteiger partial charge in [0.25, 0.3) is 10.0 Å². The van der Waals surface area contributed by atoms with Gasteiger partial charge < -0.3 is 10.2 Å². The van der Waals surface area contributed by atoms with Crippen molar-refractivity contribution in [2.45, 2.75) is 65.2 Å². The molecule has 0 atom stereocenters. The standard InChI is InChI=1S/C26H35N3O3S/c1-3-23-24(21-11-9-19(2)10-12-21)33(31,32)28-25(23)29-17-14-22(15-18-29)26(30)27-16-13-20-7-5-4-6-8-20/h7,9-12,22H,3-6,8,13-18H2,1-2H3,(H,27,30). The zero-order chi connectivity index (χ0) is 23.4. The second-order valence-corrected chi connectivity index (χ2v) is 10.9. The molecule has 2 heterocycles. The van der Waals surface area contributed by atoms with Crippen LogP contribution in [-0.4, -0.2) is 44.7 Å². The van der Waals surface area contributed by atoms with Crippen molar-refractivity contribution in [2.75, 3.05) is 19.6 Å². The minimum Gasteiger partial charge on any atom is -0.356 e. The number of aryl methyl sites for hydroxylation is 1. The maximum Gasteiger partial charge on any atom is 0.285 e. The van der Waals surface area contributed by atoms with E-state index in [0.717, 1.165) is 24.0 Å². The zero-order valence-corrected chi connectivity index (χ0v) is 20.6. The van der Waals surface area contributed by atoms with Crippen molar-refractivity contribution in [1.82, 2.24) is 10.2 Å². The number of amidine groups is 1. The van der Waals surface area contributed by atoms with E-state index < -0.39 is 10.0 Å². The Labute approximate surface area is 197 Å². The molecular weight excluding hydrogens is 434 g/mol. The number of likely N-dealkylation sites (tertiary alicyclic amines) is 1. The smallest absolute Gasteiger partial charge is 0.285 e. The zero-order valence-electron chi connectivity index (χ0n) is 19.8. The van der Waals surface area contributed by atoms with Crippen molar-refractivity contribution in [2.24, 2.45) is 10.3 Å². The minimum absolute atomic E-state index is 0.0224. The van der Waals surface area contributed by atoms with Crippen LogP contribution in [0.15, 0.2) is 45.9 Å². The van der Waals surface area contributed by atoms with E-state index in [0.29, 0.717) is 55.2 Å². The van der Waals surface area contributed by atoms with Crippen LogP contribution in [0.5, 0.6) is 0 Å². The van der Waals surface area contributed by atoms with Gasteiger partial charge in [-0.15, -0.1) is 4.40 Å². The average molecular weight is 470 g/mol. The van der Waals surface area contributed by atoms with Crippen molar-refractivity contribution >= 4 is 26.7 Å². The Kier molecular flexibility index (Phi) is 7.37. The number of allylic oxidation sites excluding steroid dienone is 1. The SMILES string of the molecule is CCC1=C(c2ccc(C)cc2)S(=O)(=O)N=C1N1CCC(C(=O)NCCC2=CCCCC2)CC1. The Bertz CT molecular complexity index is 1080. The summed E-state index contributed by atoms with van der Waals surface area (Å²) in [6, 6.07) is 7.57. The number of piperidine rings is 1. The van der Waals surface area contributed by atoms with E-state index >= 15 is 0 Å². The van der Waals surface area contributed by atoms with Crippen LogP contribution >= 0.6 is 0 Å². The summed E-state index contributed by atoms with van der Waals surface area (Å²) >= 11 is 0. The predicted octanol–water partition coefficient (Wildman–Crippen LogP) is 4.58. The van der Waals surface area contributed by atoms with Gasteiger partial charge in [-0.05, 0) is 63.9 Å². The summed E-state index contributed by atoms with van der Waals surface area (Å²) < 4.78 is 30.1. The number of sulfonamides is 1. The number of benzene rings is 1. The van der Waals surface area contributed by atoms with E-state index in [1.165, 1.54) is 24.8 Å². The summed E-state index contributed by atoms with van der Waals surface area (Å²) in [6.45, 7) is 5.95. The van der Waals surface area contributed by atoms with Gasteiger partial charge >= 0.3 is 0 Å². The van der Waals surface area contributed by atoms with Gasteiger partial charge in [0.1, 0.15) is 10.7 Å². The average Bonchev–Trinajstić information content (AvgIpc) is 3.10. The molecule has 1 aliphatic carbocycles. The van der Waals surface area contributed by atoms with E-state index in [4.69, 9.17) is 0 Å². The second-order valence-electron chi connectivity index (χ2n) is 9.33. The Morgan fingerprint density at radius 1 is 1.15 bits per heavy atom. The maximum absolute atomic E-state index is 13.0. The lowest BCUT2D eigenvalue weighted by Gasteiger charge is -2.33. The molecule has 7 heteroatoms. The van der Waals surface area contributed by atoms with Gasteiger partial charge in [-0.3, -0.25) is 4.79 Å². The monoisotopic (exact) mass is 469 g/mol. The van der Waals surface area contributed by atoms with Crippen LogP contribution in [-0.2, 0) is 14.8 Å². The van der Waals surface area contributed by atoms with E-state index in [2.05, 4.69) is 15.8 Å². The lowest BCUT2D eigenvalue weighted by atomic mass is 9.94. The molecule has 0 aromatic heterocycles. The van der Waals surface area contributed by atoms with Gasteiger partial charge in [-0.2, -0.15) is 8.42 Å². The van der Waals surface area contributed by atoms with Crippen LogP contribution in [0.3, 0.4) is 0 Å². The molecule has 0 radical (unpaired) electrons. The highest BCUT2D eigenvalue weighted by Crippen LogP contribution is 2.36. The first-order chi connectivity index (χ1) is 15.9. The second kappa shape index (κ2) is 10.2. The summed E-state index contributed by atoms with van der Waals surface area (Å²) in [7, 11) is -3.72. The third kappa shape index (κ3) is 5.40. The third-order valence-electron chi connectivity index (χ3n) is 6.97. The Morgan fingerprint density at radius 2 is 1.88 bits per heavy atom. The van der Waals surface area contributed by atoms with Gasteiger partial charge in [0.05, 0.1) is 0 Å². The van der Waals surface area contributed by atoms with E-state index in [9.17, 15) is 13.2 Å². The highest BCUT2D eigenvalue weighted by Gasteiger charge is 2.36. The molecular formula is C26H35N3O3S. The molecule has 1 aromatic carbocycles. The first kappa shape index (κ1) is 23.7. The number of nitrogens with one attached hydrogen (secondary N) is 1. The highest BCUT2D eigenvalue weighted by atomic mass is 32.2. The van der Waals surface area contributed by atoms with Gasteiger partial charge in [0.15, 0.2) is 0 Å². The fourth-order valence-corrected chi connectivity index (χ4v) is 6.57. The number of amides is 1. The molecule has 0 bridgehead atoms. The highest BCUT2D eigenvalue weighted by molar-refractivity contribution is 8.00. The minimum atomic E-state index is -3.72. The lowest BCUT2D eigenvalue weighted by molar-refractivity contribution is -0.126. The topological polar surface area (TPSA) is 78.8 Å². The van der Waals surface area contributed by atoms with Crippen LogP contribution in [0.25, 0.3) is 4.91 Å². The van der Waals surface area contributed by atoms with Gasteiger partial charge in [0.2, 0.25) is 5.91 Å². The van der Waals surface area contributed by atoms with Crippen molar-refractivity contribution in [1.29, 1.82) is 0 Å². The van der Waals surface area contributed by atoms with E-state index in [-0.39, 0.29) is 11.8 Å². The molecule has 3 aliphatic rings. The van der Waals surface area contributed by atoms with E-state index in [1.54, 1.807) is 0 Å². The molecule has 1 fully saturated rings. The molecule has 1 N–H and O–H groups in total. The summed E-state index contributed by atoms with van der Waals surface area (Å²) in [5, 5.41) is 3.12. The van der Waals surface area contributed by atoms with Crippen molar-refractivity contribution in [3.63, 3.8) is 0 Å². The first-order valence-corrected chi connectivity index (χ1v) is 13.7. The number of carbonyl (C=O) groups excluding carboxylic acids is 1. The molecule has 1 aromatic rings. The summed E-state index contributed by atoms with van der Waals surface area (Å²) in [4.78, 5) is 15.1. The summed E-state index contributed by atoms with van der Waals surface area (Å²) in [6.07, 6.45) is 10.2. The first-order valence-electron chi connectivity index (χ1n) is 12.2. The Balaban J connectivity index is 1.38. The number of rotatable bonds is 6. The molecule has 6 nitrogen and oxygen atoms in total. The van der Waals surface area contributed by atoms with Gasteiger partial charge in [0, 0.05) is 31.1 Å². The molecule has 33 heavy (non-hydrogen) atoms. The van der Waals surface area contributed by atoms with Crippen molar-refractivity contribution in [3.05, 3.63) is 52.6 Å². The number of hydrogen-bond acceptors (Lipinski definition) is 4. The molecule has 1 amide bonds. The maximum atomic E-state index is 13.0. The normalized spacial score (nSPS) is 21.1. The Hall–Kier alpha value is -2.41. The predicted molar refractivity (Wildman–Crippen MR) is 133 cm³/mol. The molecule has 178 valence electrons. The van der Waals surface area contributed by atoms with Crippen LogP contribution in [0.2, 0.25) is 0 Å². The largest absolute Gasteiger partial charge is 0.356 e. The molecule has 0 spiro atoms. The van der Waals surface area contributed by atoms with Crippen molar-refractivity contribution < 1.29 is 13.2 Å². The fourth-order valence-electron chi connectivity index (χ4n) is 5.04. The number of carbonyl (C=O) groups is 1. The quantitative estimate of drug-likeness (QED) is 0.619. The number of hydrogen-bond donors (Lipinski definition) is 1. The molecule has 1 saturated heterocycles. The van der Waals surface area contributed by atoms with E-state index in [1.807, 2.05) is 43.0 Å².